The van der Waals surface area contributed by atoms with Crippen molar-refractivity contribution in [3.05, 3.63) is 65.2 Å². The summed E-state index contributed by atoms with van der Waals surface area (Å²) in [5.74, 6) is -2.72. The van der Waals surface area contributed by atoms with E-state index in [9.17, 15) is 32.6 Å². The highest BCUT2D eigenvalue weighted by atomic mass is 19.4. The van der Waals surface area contributed by atoms with Crippen LogP contribution >= 0.6 is 0 Å². The monoisotopic (exact) mass is 449 g/mol. The van der Waals surface area contributed by atoms with E-state index in [1.54, 1.807) is 0 Å². The number of benzene rings is 2. The molecule has 0 unspecified atom stereocenters. The van der Waals surface area contributed by atoms with Gasteiger partial charge in [-0.3, -0.25) is 14.8 Å². The van der Waals surface area contributed by atoms with E-state index in [1.807, 2.05) is 0 Å². The number of carbonyl (C=O) groups excluding carboxylic acids is 1. The number of halogens is 4. The fraction of sp³-hybridized carbons (Fsp3) is 0.318. The Morgan fingerprint density at radius 2 is 1.78 bits per heavy atom. The minimum atomic E-state index is -5.13. The molecule has 1 aliphatic carbocycles. The first-order valence-corrected chi connectivity index (χ1v) is 9.68. The van der Waals surface area contributed by atoms with Crippen LogP contribution in [-0.4, -0.2) is 37.9 Å². The van der Waals surface area contributed by atoms with Gasteiger partial charge >= 0.3 is 6.18 Å². The fourth-order valence-corrected chi connectivity index (χ4v) is 4.43. The molecule has 0 bridgehead atoms. The molecule has 0 saturated carbocycles. The summed E-state index contributed by atoms with van der Waals surface area (Å²) in [7, 11) is 0. The van der Waals surface area contributed by atoms with Gasteiger partial charge in [-0.2, -0.15) is 13.2 Å². The molecular weight excluding hydrogens is 430 g/mol. The van der Waals surface area contributed by atoms with Gasteiger partial charge in [0.1, 0.15) is 0 Å². The summed E-state index contributed by atoms with van der Waals surface area (Å²) in [4.78, 5) is 21.1. The summed E-state index contributed by atoms with van der Waals surface area (Å²) in [5, 5.41) is 23.4. The molecule has 4 rings (SSSR count). The highest BCUT2D eigenvalue weighted by Crippen LogP contribution is 2.55. The predicted octanol–water partition coefficient (Wildman–Crippen LogP) is 3.92. The number of phenolic OH excluding ortho intramolecular Hbond substituents is 1. The maximum Gasteiger partial charge on any atom is 0.419 e. The average Bonchev–Trinajstić information content (AvgIpc) is 2.71. The van der Waals surface area contributed by atoms with Gasteiger partial charge in [0, 0.05) is 23.5 Å². The van der Waals surface area contributed by atoms with Crippen molar-refractivity contribution in [2.24, 2.45) is 0 Å². The van der Waals surface area contributed by atoms with Gasteiger partial charge in [0.2, 0.25) is 0 Å². The van der Waals surface area contributed by atoms with Gasteiger partial charge < -0.3 is 15.5 Å². The van der Waals surface area contributed by atoms with Gasteiger partial charge in [0.05, 0.1) is 17.1 Å². The lowest BCUT2D eigenvalue weighted by molar-refractivity contribution is -0.280. The summed E-state index contributed by atoms with van der Waals surface area (Å²) in [6.07, 6.45) is -3.17. The molecule has 6 nitrogen and oxygen atoms in total. The van der Waals surface area contributed by atoms with E-state index in [1.165, 1.54) is 44.4 Å². The Bertz CT molecular complexity index is 1230. The molecule has 168 valence electrons. The zero-order valence-corrected chi connectivity index (χ0v) is 17.0. The van der Waals surface area contributed by atoms with E-state index in [0.717, 1.165) is 12.1 Å². The summed E-state index contributed by atoms with van der Waals surface area (Å²) >= 11 is 0. The topological polar surface area (TPSA) is 95.3 Å². The van der Waals surface area contributed by atoms with E-state index in [2.05, 4.69) is 15.3 Å². The van der Waals surface area contributed by atoms with Crippen molar-refractivity contribution < 1.29 is 32.6 Å². The van der Waals surface area contributed by atoms with Crippen LogP contribution in [0, 0.1) is 5.82 Å². The van der Waals surface area contributed by atoms with E-state index < -0.39 is 47.1 Å². The highest BCUT2D eigenvalue weighted by Gasteiger charge is 2.64. The summed E-state index contributed by atoms with van der Waals surface area (Å²) in [6, 6.07) is 4.08. The maximum atomic E-state index is 14.1. The fourth-order valence-electron chi connectivity index (χ4n) is 4.43. The van der Waals surface area contributed by atoms with Crippen molar-refractivity contribution in [3.63, 3.8) is 0 Å². The van der Waals surface area contributed by atoms with Crippen molar-refractivity contribution in [2.75, 3.05) is 0 Å². The smallest absolute Gasteiger partial charge is 0.419 e. The van der Waals surface area contributed by atoms with Crippen LogP contribution < -0.4 is 5.32 Å². The molecule has 1 aromatic heterocycles. The molecule has 32 heavy (non-hydrogen) atoms. The molecule has 0 radical (unpaired) electrons. The molecular formula is C22H19F4N3O3. The van der Waals surface area contributed by atoms with E-state index >= 15 is 0 Å². The summed E-state index contributed by atoms with van der Waals surface area (Å²) in [5.41, 5.74) is -4.27. The number of rotatable bonds is 2. The number of phenols is 1. The number of alkyl halides is 3. The minimum absolute atomic E-state index is 0.000224. The van der Waals surface area contributed by atoms with Crippen molar-refractivity contribution in [3.8, 4) is 5.75 Å². The maximum absolute atomic E-state index is 14.1. The molecule has 1 aliphatic rings. The molecule has 2 aromatic carbocycles. The predicted molar refractivity (Wildman–Crippen MR) is 106 cm³/mol. The van der Waals surface area contributed by atoms with Gasteiger partial charge in [0.25, 0.3) is 5.91 Å². The molecule has 2 atom stereocenters. The standard InChI is InChI=1S/C22H19F4N3O3/c1-20(2)10-21(32,22(24,25)26)18(12-4-5-13(23)17(30)16(12)20)29-19(31)11-3-6-14-15(9-11)28-8-7-27-14/h3-9,18,30,32H,10H2,1-2H3,(H,29,31)/t18-,21-/m1/s1. The number of aromatic hydroxyl groups is 1. The van der Waals surface area contributed by atoms with E-state index in [0.29, 0.717) is 11.0 Å². The largest absolute Gasteiger partial charge is 0.505 e. The number of hydrogen-bond donors (Lipinski definition) is 3. The molecule has 3 aromatic rings. The third-order valence-corrected chi connectivity index (χ3v) is 5.84. The van der Waals surface area contributed by atoms with Crippen LogP contribution in [-0.2, 0) is 5.41 Å². The second kappa shape index (κ2) is 7.13. The number of amides is 1. The normalized spacial score (nSPS) is 22.4. The number of fused-ring (bicyclic) bond motifs is 2. The van der Waals surface area contributed by atoms with Crippen LogP contribution in [0.1, 0.15) is 47.8 Å². The van der Waals surface area contributed by atoms with Crippen LogP contribution in [0.3, 0.4) is 0 Å². The zero-order valence-electron chi connectivity index (χ0n) is 17.0. The summed E-state index contributed by atoms with van der Waals surface area (Å²) < 4.78 is 56.3. The number of nitrogens with zero attached hydrogens (tertiary/aromatic N) is 2. The number of aromatic nitrogens is 2. The van der Waals surface area contributed by atoms with Gasteiger partial charge in [-0.25, -0.2) is 4.39 Å². The Kier molecular flexibility index (Phi) is 4.89. The lowest BCUT2D eigenvalue weighted by Gasteiger charge is -2.48. The lowest BCUT2D eigenvalue weighted by Crippen LogP contribution is -2.60. The lowest BCUT2D eigenvalue weighted by atomic mass is 9.63. The molecule has 1 heterocycles. The second-order valence-electron chi connectivity index (χ2n) is 8.51. The Morgan fingerprint density at radius 3 is 2.44 bits per heavy atom. The third kappa shape index (κ3) is 3.35. The minimum Gasteiger partial charge on any atom is -0.505 e. The number of aliphatic hydroxyl groups is 1. The van der Waals surface area contributed by atoms with Crippen molar-refractivity contribution in [1.29, 1.82) is 0 Å². The van der Waals surface area contributed by atoms with Gasteiger partial charge in [-0.05, 0) is 41.7 Å². The molecule has 1 amide bonds. The van der Waals surface area contributed by atoms with Crippen LogP contribution in [0.25, 0.3) is 11.0 Å². The zero-order chi connectivity index (χ0) is 23.5. The van der Waals surface area contributed by atoms with E-state index in [-0.39, 0.29) is 16.7 Å². The first kappa shape index (κ1) is 21.9. The van der Waals surface area contributed by atoms with Crippen LogP contribution in [0.5, 0.6) is 5.75 Å². The molecule has 0 saturated heterocycles. The molecule has 10 heteroatoms. The first-order chi connectivity index (χ1) is 14.8. The van der Waals surface area contributed by atoms with Crippen LogP contribution in [0.2, 0.25) is 0 Å². The third-order valence-electron chi connectivity index (χ3n) is 5.84. The van der Waals surface area contributed by atoms with Crippen molar-refractivity contribution in [1.82, 2.24) is 15.3 Å². The Hall–Kier alpha value is -3.27. The van der Waals surface area contributed by atoms with Crippen molar-refractivity contribution in [2.45, 2.75) is 43.5 Å². The molecule has 0 fully saturated rings. The summed E-state index contributed by atoms with van der Waals surface area (Å²) in [6.45, 7) is 2.73. The SMILES string of the molecule is CC1(C)C[C@](O)(C(F)(F)F)[C@H](NC(=O)c2ccc3nccnc3c2)c2ccc(F)c(O)c21. The van der Waals surface area contributed by atoms with Gasteiger partial charge in [-0.1, -0.05) is 19.9 Å². The highest BCUT2D eigenvalue weighted by molar-refractivity contribution is 5.97. The second-order valence-corrected chi connectivity index (χ2v) is 8.51. The van der Waals surface area contributed by atoms with Crippen LogP contribution in [0.15, 0.2) is 42.7 Å². The molecule has 3 N–H and O–H groups in total. The van der Waals surface area contributed by atoms with E-state index in [4.69, 9.17) is 0 Å². The Labute approximate surface area is 179 Å². The Morgan fingerprint density at radius 1 is 1.12 bits per heavy atom. The average molecular weight is 449 g/mol. The van der Waals surface area contributed by atoms with Gasteiger partial charge in [0.15, 0.2) is 17.2 Å². The van der Waals surface area contributed by atoms with Crippen LogP contribution in [0.4, 0.5) is 17.6 Å². The number of nitrogens with one attached hydrogen (secondary N) is 1. The molecule has 0 aliphatic heterocycles. The molecule has 0 spiro atoms. The number of hydrogen-bond acceptors (Lipinski definition) is 5. The van der Waals surface area contributed by atoms with Gasteiger partial charge in [-0.15, -0.1) is 0 Å². The number of carbonyl (C=O) groups is 1. The quantitative estimate of drug-likeness (QED) is 0.516. The van der Waals surface area contributed by atoms with Crippen molar-refractivity contribution >= 4 is 16.9 Å². The first-order valence-electron chi connectivity index (χ1n) is 9.68. The Balaban J connectivity index is 1.83.